The monoisotopic (exact) mass is 313 g/mol. The van der Waals surface area contributed by atoms with Gasteiger partial charge in [-0.15, -0.1) is 0 Å². The second-order valence-corrected chi connectivity index (χ2v) is 6.45. The van der Waals surface area contributed by atoms with Crippen LogP contribution in [0.2, 0.25) is 0 Å². The normalized spacial score (nSPS) is 20.5. The highest BCUT2D eigenvalue weighted by Gasteiger charge is 2.20. The summed E-state index contributed by atoms with van der Waals surface area (Å²) in [6.07, 6.45) is 5.09. The second-order valence-electron chi connectivity index (χ2n) is 6.45. The molecular formula is C19H27N3O. The van der Waals surface area contributed by atoms with Crippen LogP contribution in [0.25, 0.3) is 0 Å². The van der Waals surface area contributed by atoms with E-state index in [-0.39, 0.29) is 6.10 Å². The maximum Gasteiger partial charge on any atom is 0.0793 e. The van der Waals surface area contributed by atoms with Crippen molar-refractivity contribution in [3.8, 4) is 0 Å². The summed E-state index contributed by atoms with van der Waals surface area (Å²) in [4.78, 5) is 4.77. The highest BCUT2D eigenvalue weighted by molar-refractivity contribution is 5.14. The first-order valence-electron chi connectivity index (χ1n) is 8.57. The zero-order valence-electron chi connectivity index (χ0n) is 13.7. The van der Waals surface area contributed by atoms with E-state index in [9.17, 15) is 5.11 Å². The molecule has 2 heterocycles. The van der Waals surface area contributed by atoms with Gasteiger partial charge in [0.15, 0.2) is 0 Å². The Labute approximate surface area is 139 Å². The van der Waals surface area contributed by atoms with E-state index in [1.807, 2.05) is 6.07 Å². The van der Waals surface area contributed by atoms with Crippen molar-refractivity contribution in [1.29, 1.82) is 0 Å². The molecule has 4 heteroatoms. The van der Waals surface area contributed by atoms with Crippen LogP contribution >= 0.6 is 0 Å². The Hall–Kier alpha value is -1.62. The third kappa shape index (κ3) is 5.20. The maximum atomic E-state index is 10.3. The molecular weight excluding hydrogens is 286 g/mol. The van der Waals surface area contributed by atoms with Crippen LogP contribution in [0.1, 0.15) is 12.0 Å². The smallest absolute Gasteiger partial charge is 0.0793 e. The van der Waals surface area contributed by atoms with Crippen molar-refractivity contribution in [2.24, 2.45) is 0 Å². The SMILES string of the molecule is O[C@@H]1CN(CCCn2cccc2)CCN(Cc2ccccc2)C1. The zero-order chi connectivity index (χ0) is 15.9. The van der Waals surface area contributed by atoms with Gasteiger partial charge in [-0.05, 0) is 30.7 Å². The van der Waals surface area contributed by atoms with E-state index in [4.69, 9.17) is 0 Å². The van der Waals surface area contributed by atoms with Crippen LogP contribution in [0, 0.1) is 0 Å². The molecule has 1 fully saturated rings. The van der Waals surface area contributed by atoms with Gasteiger partial charge in [-0.1, -0.05) is 30.3 Å². The minimum Gasteiger partial charge on any atom is -0.390 e. The molecule has 1 aliphatic rings. The molecule has 1 saturated heterocycles. The highest BCUT2D eigenvalue weighted by atomic mass is 16.3. The molecule has 4 nitrogen and oxygen atoms in total. The molecule has 1 aliphatic heterocycles. The van der Waals surface area contributed by atoms with Crippen LogP contribution in [-0.2, 0) is 13.1 Å². The van der Waals surface area contributed by atoms with Gasteiger partial charge in [0, 0.05) is 51.7 Å². The summed E-state index contributed by atoms with van der Waals surface area (Å²) >= 11 is 0. The van der Waals surface area contributed by atoms with Crippen LogP contribution in [0.4, 0.5) is 0 Å². The quantitative estimate of drug-likeness (QED) is 0.886. The zero-order valence-corrected chi connectivity index (χ0v) is 13.7. The molecule has 0 spiro atoms. The number of aliphatic hydroxyl groups excluding tert-OH is 1. The topological polar surface area (TPSA) is 31.6 Å². The summed E-state index contributed by atoms with van der Waals surface area (Å²) < 4.78 is 2.22. The van der Waals surface area contributed by atoms with Gasteiger partial charge in [-0.3, -0.25) is 9.80 Å². The van der Waals surface area contributed by atoms with E-state index in [1.165, 1.54) is 5.56 Å². The molecule has 3 rings (SSSR count). The largest absolute Gasteiger partial charge is 0.390 e. The molecule has 0 amide bonds. The van der Waals surface area contributed by atoms with Gasteiger partial charge in [0.1, 0.15) is 0 Å². The molecule has 0 bridgehead atoms. The summed E-state index contributed by atoms with van der Waals surface area (Å²) in [5, 5.41) is 10.3. The van der Waals surface area contributed by atoms with Gasteiger partial charge in [0.2, 0.25) is 0 Å². The molecule has 1 aromatic heterocycles. The maximum absolute atomic E-state index is 10.3. The number of rotatable bonds is 6. The van der Waals surface area contributed by atoms with Crippen LogP contribution in [-0.4, -0.2) is 58.3 Å². The number of aliphatic hydroxyl groups is 1. The second kappa shape index (κ2) is 8.29. The van der Waals surface area contributed by atoms with Crippen LogP contribution in [0.5, 0.6) is 0 Å². The van der Waals surface area contributed by atoms with Crippen LogP contribution in [0.15, 0.2) is 54.9 Å². The number of aryl methyl sites for hydroxylation is 1. The minimum atomic E-state index is -0.257. The average Bonchev–Trinajstić information content (AvgIpc) is 3.00. The summed E-state index contributed by atoms with van der Waals surface area (Å²) in [6, 6.07) is 14.7. The van der Waals surface area contributed by atoms with Gasteiger partial charge in [0.05, 0.1) is 6.10 Å². The number of hydrogen-bond acceptors (Lipinski definition) is 3. The number of hydrogen-bond donors (Lipinski definition) is 1. The molecule has 0 aliphatic carbocycles. The molecule has 0 saturated carbocycles. The van der Waals surface area contributed by atoms with Crippen LogP contribution < -0.4 is 0 Å². The predicted octanol–water partition coefficient (Wildman–Crippen LogP) is 2.06. The summed E-state index contributed by atoms with van der Waals surface area (Å²) in [5.41, 5.74) is 1.32. The van der Waals surface area contributed by atoms with E-state index in [0.29, 0.717) is 0 Å². The van der Waals surface area contributed by atoms with Crippen molar-refractivity contribution in [3.63, 3.8) is 0 Å². The van der Waals surface area contributed by atoms with Gasteiger partial charge < -0.3 is 9.67 Å². The first-order chi connectivity index (χ1) is 11.3. The number of β-amino-alcohol motifs (C(OH)–C–C–N with tert-alkyl or cyclic N) is 1. The number of nitrogens with zero attached hydrogens (tertiary/aromatic N) is 3. The first-order valence-corrected chi connectivity index (χ1v) is 8.57. The van der Waals surface area contributed by atoms with Crippen molar-refractivity contribution in [3.05, 3.63) is 60.4 Å². The lowest BCUT2D eigenvalue weighted by molar-refractivity contribution is 0.107. The minimum absolute atomic E-state index is 0.257. The van der Waals surface area contributed by atoms with Crippen molar-refractivity contribution in [2.75, 3.05) is 32.7 Å². The number of aromatic nitrogens is 1. The van der Waals surface area contributed by atoms with E-state index in [2.05, 4.69) is 63.2 Å². The first kappa shape index (κ1) is 16.2. The molecule has 1 aromatic carbocycles. The lowest BCUT2D eigenvalue weighted by Gasteiger charge is -2.21. The van der Waals surface area contributed by atoms with E-state index in [0.717, 1.165) is 52.2 Å². The third-order valence-electron chi connectivity index (χ3n) is 4.48. The Bertz CT molecular complexity index is 555. The molecule has 1 N–H and O–H groups in total. The Morgan fingerprint density at radius 1 is 0.870 bits per heavy atom. The molecule has 0 radical (unpaired) electrons. The molecule has 124 valence electrons. The Morgan fingerprint density at radius 2 is 1.57 bits per heavy atom. The van der Waals surface area contributed by atoms with Gasteiger partial charge in [0.25, 0.3) is 0 Å². The van der Waals surface area contributed by atoms with Crippen molar-refractivity contribution < 1.29 is 5.11 Å². The summed E-state index contributed by atoms with van der Waals surface area (Å²) in [6.45, 7) is 6.64. The highest BCUT2D eigenvalue weighted by Crippen LogP contribution is 2.10. The van der Waals surface area contributed by atoms with E-state index in [1.54, 1.807) is 0 Å². The van der Waals surface area contributed by atoms with Gasteiger partial charge in [-0.2, -0.15) is 0 Å². The summed E-state index contributed by atoms with van der Waals surface area (Å²) in [7, 11) is 0. The van der Waals surface area contributed by atoms with E-state index >= 15 is 0 Å². The van der Waals surface area contributed by atoms with Crippen molar-refractivity contribution >= 4 is 0 Å². The van der Waals surface area contributed by atoms with Gasteiger partial charge in [-0.25, -0.2) is 0 Å². The molecule has 2 aromatic rings. The fourth-order valence-corrected chi connectivity index (χ4v) is 3.30. The number of benzene rings is 1. The third-order valence-corrected chi connectivity index (χ3v) is 4.48. The standard InChI is InChI=1S/C19H27N3O/c23-19-16-21(12-6-11-20-9-4-5-10-20)13-14-22(17-19)15-18-7-2-1-3-8-18/h1-5,7-10,19,23H,6,11-17H2/t19-/m1/s1. The Balaban J connectivity index is 1.45. The lowest BCUT2D eigenvalue weighted by atomic mass is 10.2. The fraction of sp³-hybridized carbons (Fsp3) is 0.474. The summed E-state index contributed by atoms with van der Waals surface area (Å²) in [5.74, 6) is 0. The lowest BCUT2D eigenvalue weighted by Crippen LogP contribution is -2.34. The Kier molecular flexibility index (Phi) is 5.86. The van der Waals surface area contributed by atoms with Crippen LogP contribution in [0.3, 0.4) is 0 Å². The molecule has 23 heavy (non-hydrogen) atoms. The van der Waals surface area contributed by atoms with E-state index < -0.39 is 0 Å². The fourth-order valence-electron chi connectivity index (χ4n) is 3.30. The molecule has 1 atom stereocenters. The van der Waals surface area contributed by atoms with Crippen molar-refractivity contribution in [2.45, 2.75) is 25.6 Å². The average molecular weight is 313 g/mol. The van der Waals surface area contributed by atoms with Crippen molar-refractivity contribution in [1.82, 2.24) is 14.4 Å². The molecule has 0 unspecified atom stereocenters. The van der Waals surface area contributed by atoms with Gasteiger partial charge >= 0.3 is 0 Å². The Morgan fingerprint density at radius 3 is 2.35 bits per heavy atom. The predicted molar refractivity (Wildman–Crippen MR) is 93.2 cm³/mol.